The van der Waals surface area contributed by atoms with Crippen molar-refractivity contribution in [2.45, 2.75) is 34.2 Å². The molecule has 1 heterocycles. The van der Waals surface area contributed by atoms with Crippen LogP contribution in [0.4, 0.5) is 0 Å². The maximum Gasteiger partial charge on any atom is 0.371 e. The molecule has 19 heavy (non-hydrogen) atoms. The zero-order valence-electron chi connectivity index (χ0n) is 11.6. The van der Waals surface area contributed by atoms with Gasteiger partial charge in [-0.1, -0.05) is 27.7 Å². The second-order valence-electron chi connectivity index (χ2n) is 6.17. The Balaban J connectivity index is 1.93. The van der Waals surface area contributed by atoms with Gasteiger partial charge in [-0.15, -0.1) is 0 Å². The van der Waals surface area contributed by atoms with Gasteiger partial charge in [0.1, 0.15) is 5.76 Å². The van der Waals surface area contributed by atoms with Crippen molar-refractivity contribution in [2.75, 3.05) is 0 Å². The summed E-state index contributed by atoms with van der Waals surface area (Å²) in [7, 11) is 0. The molecule has 0 aliphatic heterocycles. The van der Waals surface area contributed by atoms with Gasteiger partial charge in [0.25, 0.3) is 0 Å². The smallest absolute Gasteiger partial charge is 0.371 e. The average Bonchev–Trinajstić information content (AvgIpc) is 2.69. The molecule has 0 bridgehead atoms. The van der Waals surface area contributed by atoms with Crippen molar-refractivity contribution in [3.63, 3.8) is 0 Å². The van der Waals surface area contributed by atoms with E-state index in [0.717, 1.165) is 0 Å². The van der Waals surface area contributed by atoms with Crippen LogP contribution in [0.2, 0.25) is 0 Å². The zero-order chi connectivity index (χ0) is 14.4. The minimum atomic E-state index is -1.11. The Hall–Kier alpha value is -1.78. The molecule has 0 spiro atoms. The number of rotatable bonds is 4. The number of carbonyl (C=O) groups excluding carboxylic acids is 1. The number of nitrogens with one attached hydrogen (secondary N) is 1. The molecular formula is C14H19NO4. The van der Waals surface area contributed by atoms with E-state index in [2.05, 4.69) is 33.0 Å². The minimum absolute atomic E-state index is 0.00747. The lowest BCUT2D eigenvalue weighted by molar-refractivity contribution is -0.123. The molecule has 1 amide bonds. The number of carboxylic acid groups (broad SMARTS) is 1. The van der Waals surface area contributed by atoms with Crippen LogP contribution in [0.25, 0.3) is 0 Å². The van der Waals surface area contributed by atoms with E-state index in [-0.39, 0.29) is 35.0 Å². The monoisotopic (exact) mass is 265 g/mol. The van der Waals surface area contributed by atoms with E-state index in [1.807, 2.05) is 0 Å². The molecule has 0 atom stereocenters. The van der Waals surface area contributed by atoms with Crippen LogP contribution >= 0.6 is 0 Å². The summed E-state index contributed by atoms with van der Waals surface area (Å²) in [6.07, 6.45) is 0. The van der Waals surface area contributed by atoms with Crippen LogP contribution in [0.15, 0.2) is 16.5 Å². The molecule has 2 rings (SSSR count). The standard InChI is InChI=1S/C14H19NO4/c1-13(2)10(14(13,3)4)11(16)15-7-8-5-6-9(19-8)12(17)18/h5-6,10H,7H2,1-4H3,(H,15,16)(H,17,18). The van der Waals surface area contributed by atoms with E-state index < -0.39 is 5.97 Å². The number of carbonyl (C=O) groups is 2. The van der Waals surface area contributed by atoms with Crippen LogP contribution in [0, 0.1) is 16.7 Å². The molecule has 2 N–H and O–H groups in total. The highest BCUT2D eigenvalue weighted by atomic mass is 16.4. The molecule has 0 radical (unpaired) electrons. The SMILES string of the molecule is CC1(C)C(C(=O)NCc2ccc(C(=O)O)o2)C1(C)C. The molecule has 0 unspecified atom stereocenters. The lowest BCUT2D eigenvalue weighted by Crippen LogP contribution is -2.26. The van der Waals surface area contributed by atoms with Gasteiger partial charge in [0.2, 0.25) is 11.7 Å². The third kappa shape index (κ3) is 2.13. The van der Waals surface area contributed by atoms with E-state index in [0.29, 0.717) is 5.76 Å². The van der Waals surface area contributed by atoms with Crippen LogP contribution in [0.1, 0.15) is 44.0 Å². The van der Waals surface area contributed by atoms with Crippen LogP contribution in [-0.2, 0) is 11.3 Å². The first-order chi connectivity index (χ1) is 8.68. The molecule has 1 saturated carbocycles. The molecule has 1 aliphatic rings. The highest BCUT2D eigenvalue weighted by Gasteiger charge is 2.68. The number of carboxylic acids is 1. The molecule has 1 fully saturated rings. The topological polar surface area (TPSA) is 79.5 Å². The quantitative estimate of drug-likeness (QED) is 0.875. The first-order valence-electron chi connectivity index (χ1n) is 6.27. The van der Waals surface area contributed by atoms with Gasteiger partial charge in [-0.3, -0.25) is 4.79 Å². The van der Waals surface area contributed by atoms with Crippen molar-refractivity contribution in [3.05, 3.63) is 23.7 Å². The van der Waals surface area contributed by atoms with E-state index >= 15 is 0 Å². The Morgan fingerprint density at radius 3 is 2.26 bits per heavy atom. The van der Waals surface area contributed by atoms with Gasteiger partial charge in [-0.25, -0.2) is 4.79 Å². The summed E-state index contributed by atoms with van der Waals surface area (Å²) in [5, 5.41) is 11.5. The predicted octanol–water partition coefficient (Wildman–Crippen LogP) is 2.28. The highest BCUT2D eigenvalue weighted by Crippen LogP contribution is 2.68. The fourth-order valence-corrected chi connectivity index (χ4v) is 2.72. The van der Waals surface area contributed by atoms with Crippen LogP contribution < -0.4 is 5.32 Å². The Morgan fingerprint density at radius 2 is 1.84 bits per heavy atom. The number of hydrogen-bond acceptors (Lipinski definition) is 3. The van der Waals surface area contributed by atoms with Gasteiger partial charge in [-0.2, -0.15) is 0 Å². The minimum Gasteiger partial charge on any atom is -0.475 e. The van der Waals surface area contributed by atoms with Crippen molar-refractivity contribution >= 4 is 11.9 Å². The fraction of sp³-hybridized carbons (Fsp3) is 0.571. The van der Waals surface area contributed by atoms with E-state index in [9.17, 15) is 9.59 Å². The molecule has 0 aromatic carbocycles. The van der Waals surface area contributed by atoms with Gasteiger partial charge in [0.05, 0.1) is 6.54 Å². The van der Waals surface area contributed by atoms with Gasteiger partial charge in [0, 0.05) is 5.92 Å². The third-order valence-electron chi connectivity index (χ3n) is 4.59. The molecular weight excluding hydrogens is 246 g/mol. The largest absolute Gasteiger partial charge is 0.475 e. The van der Waals surface area contributed by atoms with Gasteiger partial charge >= 0.3 is 5.97 Å². The normalized spacial score (nSPS) is 20.0. The summed E-state index contributed by atoms with van der Waals surface area (Å²) < 4.78 is 5.09. The number of furan rings is 1. The maximum atomic E-state index is 12.1. The van der Waals surface area contributed by atoms with Gasteiger partial charge in [-0.05, 0) is 23.0 Å². The van der Waals surface area contributed by atoms with E-state index in [4.69, 9.17) is 9.52 Å². The summed E-state index contributed by atoms with van der Waals surface area (Å²) in [5.41, 5.74) is -0.0149. The van der Waals surface area contributed by atoms with E-state index in [1.165, 1.54) is 6.07 Å². The van der Waals surface area contributed by atoms with Crippen LogP contribution in [0.3, 0.4) is 0 Å². The van der Waals surface area contributed by atoms with Gasteiger partial charge < -0.3 is 14.8 Å². The van der Waals surface area contributed by atoms with Crippen molar-refractivity contribution < 1.29 is 19.1 Å². The highest BCUT2D eigenvalue weighted by molar-refractivity contribution is 5.85. The molecule has 5 nitrogen and oxygen atoms in total. The zero-order valence-corrected chi connectivity index (χ0v) is 11.6. The fourth-order valence-electron chi connectivity index (χ4n) is 2.72. The second-order valence-corrected chi connectivity index (χ2v) is 6.17. The summed E-state index contributed by atoms with van der Waals surface area (Å²) >= 11 is 0. The molecule has 1 aromatic rings. The first-order valence-corrected chi connectivity index (χ1v) is 6.27. The molecule has 0 saturated heterocycles. The lowest BCUT2D eigenvalue weighted by Gasteiger charge is -2.04. The van der Waals surface area contributed by atoms with Crippen LogP contribution in [-0.4, -0.2) is 17.0 Å². The first kappa shape index (κ1) is 13.6. The molecule has 104 valence electrons. The van der Waals surface area contributed by atoms with Crippen LogP contribution in [0.5, 0.6) is 0 Å². The van der Waals surface area contributed by atoms with Crippen molar-refractivity contribution in [2.24, 2.45) is 16.7 Å². The maximum absolute atomic E-state index is 12.1. The Labute approximate surface area is 112 Å². The van der Waals surface area contributed by atoms with Crippen molar-refractivity contribution in [1.29, 1.82) is 0 Å². The summed E-state index contributed by atoms with van der Waals surface area (Å²) in [5.74, 6) is -0.808. The summed E-state index contributed by atoms with van der Waals surface area (Å²) in [4.78, 5) is 22.7. The Bertz CT molecular complexity index is 513. The number of amides is 1. The predicted molar refractivity (Wildman–Crippen MR) is 68.6 cm³/mol. The Morgan fingerprint density at radius 1 is 1.26 bits per heavy atom. The van der Waals surface area contributed by atoms with Crippen molar-refractivity contribution in [1.82, 2.24) is 5.32 Å². The van der Waals surface area contributed by atoms with Gasteiger partial charge in [0.15, 0.2) is 0 Å². The number of aromatic carboxylic acids is 1. The molecule has 5 heteroatoms. The Kier molecular flexibility index (Phi) is 2.96. The third-order valence-corrected chi connectivity index (χ3v) is 4.59. The summed E-state index contributed by atoms with van der Waals surface area (Å²) in [6, 6.07) is 2.95. The van der Waals surface area contributed by atoms with E-state index in [1.54, 1.807) is 6.07 Å². The number of hydrogen-bond donors (Lipinski definition) is 2. The van der Waals surface area contributed by atoms with Crippen molar-refractivity contribution in [3.8, 4) is 0 Å². The molecule has 1 aromatic heterocycles. The lowest BCUT2D eigenvalue weighted by atomic mass is 10.0. The second kappa shape index (κ2) is 4.11. The average molecular weight is 265 g/mol. The molecule has 1 aliphatic carbocycles. The summed E-state index contributed by atoms with van der Waals surface area (Å²) in [6.45, 7) is 8.52.